The lowest BCUT2D eigenvalue weighted by atomic mass is 9.65. The van der Waals surface area contributed by atoms with Crippen LogP contribution in [0.1, 0.15) is 43.2 Å². The maximum Gasteiger partial charge on any atom is 0.226 e. The van der Waals surface area contributed by atoms with Crippen molar-refractivity contribution in [2.24, 2.45) is 23.5 Å². The zero-order chi connectivity index (χ0) is 16.8. The van der Waals surface area contributed by atoms with Gasteiger partial charge in [0.05, 0.1) is 10.0 Å². The van der Waals surface area contributed by atoms with Gasteiger partial charge in [-0.05, 0) is 61.1 Å². The Labute approximate surface area is 165 Å². The van der Waals surface area contributed by atoms with E-state index < -0.39 is 0 Å². The summed E-state index contributed by atoms with van der Waals surface area (Å²) in [7, 11) is 0. The fourth-order valence-electron chi connectivity index (χ4n) is 5.02. The minimum Gasteiger partial charge on any atom is -0.338 e. The number of rotatable bonds is 1. The molecule has 0 radical (unpaired) electrons. The van der Waals surface area contributed by atoms with Crippen LogP contribution in [0.2, 0.25) is 10.0 Å². The van der Waals surface area contributed by atoms with E-state index in [-0.39, 0.29) is 18.3 Å². The van der Waals surface area contributed by atoms with Gasteiger partial charge in [0.15, 0.2) is 0 Å². The Morgan fingerprint density at radius 2 is 1.84 bits per heavy atom. The number of fused-ring (bicyclic) bond motifs is 3. The van der Waals surface area contributed by atoms with Crippen molar-refractivity contribution in [1.82, 2.24) is 4.90 Å². The SMILES string of the molecule is Cl.NC1C2CCCC1CC(C(=O)N1CCc3c(ccc(Cl)c3Cl)C1)C2. The van der Waals surface area contributed by atoms with E-state index in [0.29, 0.717) is 40.4 Å². The Bertz CT molecular complexity index is 652. The molecule has 2 saturated carbocycles. The van der Waals surface area contributed by atoms with Gasteiger partial charge in [-0.2, -0.15) is 0 Å². The molecule has 2 N–H and O–H groups in total. The lowest BCUT2D eigenvalue weighted by molar-refractivity contribution is -0.139. The molecule has 3 aliphatic rings. The number of nitrogens with two attached hydrogens (primary N) is 1. The van der Waals surface area contributed by atoms with Gasteiger partial charge in [0.1, 0.15) is 0 Å². The lowest BCUT2D eigenvalue weighted by Crippen LogP contribution is -2.50. The Morgan fingerprint density at radius 1 is 1.16 bits per heavy atom. The summed E-state index contributed by atoms with van der Waals surface area (Å²) >= 11 is 12.4. The maximum atomic E-state index is 13.1. The highest BCUT2D eigenvalue weighted by Crippen LogP contribution is 2.43. The molecule has 0 spiro atoms. The molecular formula is C19H25Cl3N2O. The van der Waals surface area contributed by atoms with Gasteiger partial charge >= 0.3 is 0 Å². The summed E-state index contributed by atoms with van der Waals surface area (Å²) in [5.74, 6) is 1.55. The Hall–Kier alpha value is -0.480. The van der Waals surface area contributed by atoms with E-state index in [0.717, 1.165) is 36.9 Å². The molecule has 2 aliphatic carbocycles. The van der Waals surface area contributed by atoms with Crippen LogP contribution in [0.15, 0.2) is 12.1 Å². The molecule has 0 saturated heterocycles. The smallest absolute Gasteiger partial charge is 0.226 e. The van der Waals surface area contributed by atoms with E-state index in [1.165, 1.54) is 19.3 Å². The van der Waals surface area contributed by atoms with Crippen LogP contribution < -0.4 is 5.73 Å². The Balaban J connectivity index is 0.00000182. The molecule has 2 atom stereocenters. The first kappa shape index (κ1) is 19.3. The normalized spacial score (nSPS) is 31.1. The van der Waals surface area contributed by atoms with Gasteiger partial charge < -0.3 is 10.6 Å². The first-order chi connectivity index (χ1) is 11.5. The summed E-state index contributed by atoms with van der Waals surface area (Å²) in [6.07, 6.45) is 6.40. The van der Waals surface area contributed by atoms with Crippen molar-refractivity contribution in [3.63, 3.8) is 0 Å². The van der Waals surface area contributed by atoms with E-state index in [4.69, 9.17) is 28.9 Å². The van der Waals surface area contributed by atoms with Crippen LogP contribution in [0, 0.1) is 17.8 Å². The van der Waals surface area contributed by atoms with E-state index in [9.17, 15) is 4.79 Å². The zero-order valence-electron chi connectivity index (χ0n) is 14.2. The van der Waals surface area contributed by atoms with Crippen molar-refractivity contribution >= 4 is 41.5 Å². The van der Waals surface area contributed by atoms with Crippen LogP contribution in [0.25, 0.3) is 0 Å². The topological polar surface area (TPSA) is 46.3 Å². The standard InChI is InChI=1S/C19H24Cl2N2O.ClH/c20-16-5-4-13-10-23(7-6-15(13)17(16)21)19(24)14-8-11-2-1-3-12(9-14)18(11)22;/h4-5,11-12,14,18H,1-3,6-10,22H2;1H. The molecule has 6 heteroatoms. The first-order valence-corrected chi connectivity index (χ1v) is 9.80. The van der Waals surface area contributed by atoms with Gasteiger partial charge in [0.25, 0.3) is 0 Å². The van der Waals surface area contributed by atoms with Crippen molar-refractivity contribution in [2.75, 3.05) is 6.54 Å². The molecule has 138 valence electrons. The van der Waals surface area contributed by atoms with Gasteiger partial charge in [-0.15, -0.1) is 12.4 Å². The Kier molecular flexibility index (Phi) is 5.89. The van der Waals surface area contributed by atoms with Crippen molar-refractivity contribution in [2.45, 2.75) is 51.1 Å². The zero-order valence-corrected chi connectivity index (χ0v) is 16.5. The van der Waals surface area contributed by atoms with Gasteiger partial charge in [0.2, 0.25) is 5.91 Å². The fraction of sp³-hybridized carbons (Fsp3) is 0.632. The van der Waals surface area contributed by atoms with E-state index >= 15 is 0 Å². The molecule has 2 fully saturated rings. The number of nitrogens with zero attached hydrogens (tertiary/aromatic N) is 1. The lowest BCUT2D eigenvalue weighted by Gasteiger charge is -2.45. The van der Waals surface area contributed by atoms with Crippen LogP contribution in [-0.2, 0) is 17.8 Å². The van der Waals surface area contributed by atoms with E-state index in [1.807, 2.05) is 17.0 Å². The summed E-state index contributed by atoms with van der Waals surface area (Å²) in [4.78, 5) is 15.1. The van der Waals surface area contributed by atoms with Crippen LogP contribution in [0.3, 0.4) is 0 Å². The number of halogens is 3. The van der Waals surface area contributed by atoms with Gasteiger partial charge in [-0.3, -0.25) is 4.79 Å². The quantitative estimate of drug-likeness (QED) is 0.753. The fourth-order valence-corrected chi connectivity index (χ4v) is 5.48. The molecule has 1 aromatic rings. The number of amides is 1. The Morgan fingerprint density at radius 3 is 2.52 bits per heavy atom. The molecule has 2 unspecified atom stereocenters. The third kappa shape index (κ3) is 3.53. The van der Waals surface area contributed by atoms with Crippen molar-refractivity contribution in [3.05, 3.63) is 33.3 Å². The second kappa shape index (κ2) is 7.64. The third-order valence-corrected chi connectivity index (χ3v) is 7.20. The van der Waals surface area contributed by atoms with Crippen molar-refractivity contribution < 1.29 is 4.79 Å². The number of benzene rings is 1. The summed E-state index contributed by atoms with van der Waals surface area (Å²) in [5.41, 5.74) is 8.61. The molecule has 1 heterocycles. The minimum absolute atomic E-state index is 0. The molecule has 0 aromatic heterocycles. The van der Waals surface area contributed by atoms with Crippen molar-refractivity contribution in [3.8, 4) is 0 Å². The highest BCUT2D eigenvalue weighted by atomic mass is 35.5. The number of hydrogen-bond acceptors (Lipinski definition) is 2. The average Bonchev–Trinajstić information content (AvgIpc) is 2.57. The molecule has 25 heavy (non-hydrogen) atoms. The van der Waals surface area contributed by atoms with Crippen LogP contribution in [0.4, 0.5) is 0 Å². The summed E-state index contributed by atoms with van der Waals surface area (Å²) in [6.45, 7) is 1.40. The largest absolute Gasteiger partial charge is 0.338 e. The van der Waals surface area contributed by atoms with E-state index in [2.05, 4.69) is 0 Å². The summed E-state index contributed by atoms with van der Waals surface area (Å²) in [6, 6.07) is 4.15. The predicted molar refractivity (Wildman–Crippen MR) is 104 cm³/mol. The van der Waals surface area contributed by atoms with Gasteiger partial charge in [-0.1, -0.05) is 35.7 Å². The summed E-state index contributed by atoms with van der Waals surface area (Å²) < 4.78 is 0. The molecule has 4 rings (SSSR count). The highest BCUT2D eigenvalue weighted by molar-refractivity contribution is 6.42. The highest BCUT2D eigenvalue weighted by Gasteiger charge is 2.42. The van der Waals surface area contributed by atoms with E-state index in [1.54, 1.807) is 0 Å². The van der Waals surface area contributed by atoms with Gasteiger partial charge in [-0.25, -0.2) is 0 Å². The van der Waals surface area contributed by atoms with Crippen molar-refractivity contribution in [1.29, 1.82) is 0 Å². The van der Waals surface area contributed by atoms with Crippen LogP contribution in [-0.4, -0.2) is 23.4 Å². The maximum absolute atomic E-state index is 13.1. The molecule has 2 bridgehead atoms. The summed E-state index contributed by atoms with van der Waals surface area (Å²) in [5, 5.41) is 1.25. The molecule has 1 aromatic carbocycles. The average molecular weight is 404 g/mol. The number of carbonyl (C=O) groups excluding carboxylic acids is 1. The van der Waals surface area contributed by atoms with Crippen LogP contribution in [0.5, 0.6) is 0 Å². The predicted octanol–water partition coefficient (Wildman–Crippen LogP) is 4.45. The monoisotopic (exact) mass is 402 g/mol. The minimum atomic E-state index is 0. The second-order valence-electron chi connectivity index (χ2n) is 7.71. The number of hydrogen-bond donors (Lipinski definition) is 1. The molecule has 1 amide bonds. The van der Waals surface area contributed by atoms with Crippen LogP contribution >= 0.6 is 35.6 Å². The molecule has 1 aliphatic heterocycles. The molecular weight excluding hydrogens is 379 g/mol. The van der Waals surface area contributed by atoms with Gasteiger partial charge in [0, 0.05) is 25.0 Å². The number of carbonyl (C=O) groups is 1. The second-order valence-corrected chi connectivity index (χ2v) is 8.49. The molecule has 3 nitrogen and oxygen atoms in total. The first-order valence-electron chi connectivity index (χ1n) is 9.04. The third-order valence-electron chi connectivity index (χ3n) is 6.36.